The lowest BCUT2D eigenvalue weighted by atomic mass is 14.9. The van der Waals surface area contributed by atoms with Crippen molar-refractivity contribution in [3.05, 3.63) is 0 Å². The fourth-order valence-electron chi connectivity index (χ4n) is 0.0691. The Hall–Kier alpha value is -0.100. The number of hydrogen-bond acceptors (Lipinski definition) is 8. The molecule has 0 bridgehead atoms. The van der Waals surface area contributed by atoms with Gasteiger partial charge in [0.2, 0.25) is 0 Å². The molecule has 8 nitrogen and oxygen atoms in total. The van der Waals surface area contributed by atoms with Crippen LogP contribution in [0.2, 0.25) is 0 Å². The topological polar surface area (TPSA) is 122 Å². The molecule has 0 aromatic carbocycles. The third kappa shape index (κ3) is 4.75. The molecule has 0 aliphatic heterocycles. The zero-order valence-corrected chi connectivity index (χ0v) is 5.75. The van der Waals surface area contributed by atoms with Gasteiger partial charge in [-0.25, -0.2) is 9.47 Å². The molecule has 1 atom stereocenters. The summed E-state index contributed by atoms with van der Waals surface area (Å²) in [6.07, 6.45) is 0. The Balaban J connectivity index is 3.81. The van der Waals surface area contributed by atoms with E-state index < -0.39 is 21.8 Å². The number of hydrogen-bond donors (Lipinski definition) is 1. The molecule has 0 saturated carbocycles. The van der Waals surface area contributed by atoms with Gasteiger partial charge in [0.25, 0.3) is 0 Å². The monoisotopic (exact) mass is 193 g/mol. The molecular weight excluding hydrogens is 192 g/mol. The Morgan fingerprint density at radius 2 is 2.00 bits per heavy atom. The van der Waals surface area contributed by atoms with E-state index in [1.54, 1.807) is 0 Å². The van der Waals surface area contributed by atoms with Gasteiger partial charge in [0.15, 0.2) is 0 Å². The van der Waals surface area contributed by atoms with Crippen LogP contribution in [0.4, 0.5) is 0 Å². The van der Waals surface area contributed by atoms with E-state index in [1.807, 2.05) is 0 Å². The highest BCUT2D eigenvalue weighted by Crippen LogP contribution is 1.94. The van der Waals surface area contributed by atoms with Gasteiger partial charge in [0.1, 0.15) is 11.4 Å². The van der Waals surface area contributed by atoms with Crippen LogP contribution in [0.3, 0.4) is 0 Å². The van der Waals surface area contributed by atoms with Crippen molar-refractivity contribution in [2.45, 2.75) is 0 Å². The molecule has 0 heterocycles. The van der Waals surface area contributed by atoms with Gasteiger partial charge >= 0.3 is 10.4 Å². The highest BCUT2D eigenvalue weighted by Gasteiger charge is 2.12. The fraction of sp³-hybridized carbons (Fsp3) is 0. The van der Waals surface area contributed by atoms with E-state index in [0.29, 0.717) is 0 Å². The average Bonchev–Trinajstić information content (AvgIpc) is 1.85. The lowest BCUT2D eigenvalue weighted by Crippen LogP contribution is -2.09. The predicted molar refractivity (Wildman–Crippen MR) is 23.7 cm³/mol. The summed E-state index contributed by atoms with van der Waals surface area (Å²) in [4.78, 5) is 0. The van der Waals surface area contributed by atoms with Crippen molar-refractivity contribution < 1.29 is 35.4 Å². The van der Waals surface area contributed by atoms with Crippen molar-refractivity contribution in [1.82, 2.24) is 0 Å². The van der Waals surface area contributed by atoms with E-state index in [9.17, 15) is 17.2 Å². The largest absolute Gasteiger partial charge is 0.747 e. The molecule has 0 spiro atoms. The summed E-state index contributed by atoms with van der Waals surface area (Å²) in [6.45, 7) is 0. The van der Waals surface area contributed by atoms with Crippen molar-refractivity contribution in [2.24, 2.45) is 0 Å². The van der Waals surface area contributed by atoms with Crippen LogP contribution in [0.15, 0.2) is 0 Å². The van der Waals surface area contributed by atoms with Crippen LogP contribution in [0.5, 0.6) is 0 Å². The van der Waals surface area contributed by atoms with Crippen molar-refractivity contribution in [3.63, 3.8) is 0 Å². The molecule has 0 rings (SSSR count). The first-order valence-electron chi connectivity index (χ1n) is 1.52. The lowest BCUT2D eigenvalue weighted by molar-refractivity contribution is -0.181. The second-order valence-electron chi connectivity index (χ2n) is 0.823. The summed E-state index contributed by atoms with van der Waals surface area (Å²) in [5.74, 6) is 0. The molecule has 62 valence electrons. The molecule has 0 fully saturated rings. The van der Waals surface area contributed by atoms with Gasteiger partial charge in [-0.05, 0) is 0 Å². The number of rotatable bonds is 4. The van der Waals surface area contributed by atoms with E-state index in [2.05, 4.69) is 13.0 Å². The molecule has 0 aliphatic carbocycles. The average molecular weight is 193 g/mol. The first kappa shape index (κ1) is 9.90. The predicted octanol–water partition coefficient (Wildman–Crippen LogP) is -1.54. The van der Waals surface area contributed by atoms with Crippen molar-refractivity contribution in [1.29, 1.82) is 0 Å². The third-order valence-corrected chi connectivity index (χ3v) is 0.941. The van der Waals surface area contributed by atoms with Gasteiger partial charge in [0, 0.05) is 0 Å². The van der Waals surface area contributed by atoms with Crippen LogP contribution in [-0.2, 0) is 34.8 Å². The van der Waals surface area contributed by atoms with E-state index in [4.69, 9.17) is 5.26 Å². The molecule has 0 saturated heterocycles. The maximum absolute atomic E-state index is 9.81. The van der Waals surface area contributed by atoms with Crippen LogP contribution in [0.25, 0.3) is 0 Å². The Morgan fingerprint density at radius 1 is 1.50 bits per heavy atom. The molecule has 1 N–H and O–H groups in total. The van der Waals surface area contributed by atoms with Crippen molar-refractivity contribution >= 4 is 21.8 Å². The van der Waals surface area contributed by atoms with Crippen LogP contribution < -0.4 is 0 Å². The highest BCUT2D eigenvalue weighted by atomic mass is 32.3. The SMILES string of the molecule is O=S([O-])OOS(=O)(=O)OO. The van der Waals surface area contributed by atoms with Gasteiger partial charge in [-0.2, -0.15) is 8.42 Å². The first-order chi connectivity index (χ1) is 4.48. The van der Waals surface area contributed by atoms with Crippen molar-refractivity contribution in [3.8, 4) is 0 Å². The first-order valence-corrected chi connectivity index (χ1v) is 3.85. The van der Waals surface area contributed by atoms with Gasteiger partial charge in [-0.1, -0.05) is 8.67 Å². The van der Waals surface area contributed by atoms with Gasteiger partial charge in [-0.3, -0.25) is 0 Å². The van der Waals surface area contributed by atoms with E-state index in [1.165, 1.54) is 0 Å². The van der Waals surface area contributed by atoms with Crippen LogP contribution in [0, 0.1) is 0 Å². The second kappa shape index (κ2) is 3.92. The Bertz CT molecular complexity index is 197. The minimum atomic E-state index is -4.77. The maximum Gasteiger partial charge on any atom is 0.454 e. The van der Waals surface area contributed by atoms with E-state index in [-0.39, 0.29) is 0 Å². The molecule has 0 aromatic rings. The van der Waals surface area contributed by atoms with Gasteiger partial charge < -0.3 is 4.55 Å². The summed E-state index contributed by atoms with van der Waals surface area (Å²) in [5.41, 5.74) is 0. The molecule has 0 aliphatic rings. The summed E-state index contributed by atoms with van der Waals surface area (Å²) in [5, 5.41) is 7.41. The van der Waals surface area contributed by atoms with Crippen molar-refractivity contribution in [2.75, 3.05) is 0 Å². The molecule has 1 unspecified atom stereocenters. The minimum absolute atomic E-state index is 2.64. The molecule has 0 amide bonds. The Kier molecular flexibility index (Phi) is 3.88. The molecule has 10 heteroatoms. The third-order valence-electron chi connectivity index (χ3n) is 0.258. The smallest absolute Gasteiger partial charge is 0.454 e. The van der Waals surface area contributed by atoms with Gasteiger partial charge in [-0.15, -0.1) is 4.33 Å². The van der Waals surface area contributed by atoms with Gasteiger partial charge in [0.05, 0.1) is 0 Å². The quantitative estimate of drug-likeness (QED) is 0.324. The van der Waals surface area contributed by atoms with Crippen LogP contribution in [-0.4, -0.2) is 22.4 Å². The molecule has 0 radical (unpaired) electrons. The zero-order valence-electron chi connectivity index (χ0n) is 4.12. The summed E-state index contributed by atoms with van der Waals surface area (Å²) in [6, 6.07) is 0. The lowest BCUT2D eigenvalue weighted by Gasteiger charge is -2.00. The normalized spacial score (nSPS) is 15.0. The second-order valence-corrected chi connectivity index (χ2v) is 2.47. The Morgan fingerprint density at radius 3 is 2.30 bits per heavy atom. The standard InChI is InChI=1S/H2O8S2/c1-6-10(4,5)8-7-9(2)3/h1H,(H,2,3)/p-1. The van der Waals surface area contributed by atoms with Crippen LogP contribution >= 0.6 is 0 Å². The summed E-state index contributed by atoms with van der Waals surface area (Å²) < 4.78 is 47.2. The molecule has 0 aromatic heterocycles. The summed E-state index contributed by atoms with van der Waals surface area (Å²) >= 11 is -3.16. The summed E-state index contributed by atoms with van der Waals surface area (Å²) in [7, 11) is -4.77. The fourth-order valence-corrected chi connectivity index (χ4v) is 0.548. The van der Waals surface area contributed by atoms with Crippen LogP contribution in [0.1, 0.15) is 0 Å². The zero-order chi connectivity index (χ0) is 8.20. The Labute approximate surface area is 58.0 Å². The molecule has 10 heavy (non-hydrogen) atoms. The maximum atomic E-state index is 9.81. The van der Waals surface area contributed by atoms with E-state index in [0.717, 1.165) is 0 Å². The highest BCUT2D eigenvalue weighted by molar-refractivity contribution is 7.82. The van der Waals surface area contributed by atoms with E-state index >= 15 is 0 Å². The minimum Gasteiger partial charge on any atom is -0.747 e. The molecular formula is HO8S2-.